The van der Waals surface area contributed by atoms with E-state index in [4.69, 9.17) is 9.47 Å². The van der Waals surface area contributed by atoms with Crippen molar-refractivity contribution in [3.8, 4) is 34.4 Å². The first-order chi connectivity index (χ1) is 36.2. The highest BCUT2D eigenvalue weighted by molar-refractivity contribution is 6.98. The fourth-order valence-electron chi connectivity index (χ4n) is 11.6. The molecule has 0 bridgehead atoms. The Morgan fingerprint density at radius 2 is 0.644 bits per heavy atom. The monoisotopic (exact) mass is 934 g/mol. The van der Waals surface area contributed by atoms with E-state index in [9.17, 15) is 0 Å². The van der Waals surface area contributed by atoms with Crippen LogP contribution < -0.4 is 35.7 Å². The summed E-state index contributed by atoms with van der Waals surface area (Å²) in [6.45, 7) is -0.113. The van der Waals surface area contributed by atoms with Crippen LogP contribution in [0, 0.1) is 0 Å². The lowest BCUT2D eigenvalue weighted by molar-refractivity contribution is 0.464. The Balaban J connectivity index is 0.847. The predicted molar refractivity (Wildman–Crippen MR) is 302 cm³/mol. The summed E-state index contributed by atoms with van der Waals surface area (Å²) in [6, 6.07) is 93.1. The number of hydrogen-bond donors (Lipinski definition) is 0. The van der Waals surface area contributed by atoms with E-state index in [1.165, 1.54) is 32.6 Å². The summed E-state index contributed by atoms with van der Waals surface area (Å²) in [5.74, 6) is 3.25. The van der Waals surface area contributed by atoms with E-state index < -0.39 is 0 Å². The van der Waals surface area contributed by atoms with E-state index in [1.54, 1.807) is 0 Å². The van der Waals surface area contributed by atoms with Gasteiger partial charge in [-0.1, -0.05) is 127 Å². The minimum atomic E-state index is -0.113. The van der Waals surface area contributed by atoms with Gasteiger partial charge in [-0.25, -0.2) is 0 Å². The van der Waals surface area contributed by atoms with E-state index in [0.29, 0.717) is 0 Å². The van der Waals surface area contributed by atoms with Gasteiger partial charge in [0.1, 0.15) is 23.0 Å². The maximum atomic E-state index is 6.94. The molecule has 2 aromatic heterocycles. The van der Waals surface area contributed by atoms with Crippen LogP contribution in [0.15, 0.2) is 261 Å². The van der Waals surface area contributed by atoms with Gasteiger partial charge in [0.2, 0.25) is 0 Å². The van der Waals surface area contributed by atoms with Crippen LogP contribution in [0.3, 0.4) is 0 Å². The summed E-state index contributed by atoms with van der Waals surface area (Å²) < 4.78 is 18.6. The number of ether oxygens (including phenoxy) is 2. The second-order valence-corrected chi connectivity index (χ2v) is 18.9. The van der Waals surface area contributed by atoms with Crippen molar-refractivity contribution in [2.45, 2.75) is 0 Å². The van der Waals surface area contributed by atoms with Gasteiger partial charge in [-0.3, -0.25) is 0 Å². The van der Waals surface area contributed by atoms with Crippen molar-refractivity contribution in [1.82, 2.24) is 9.13 Å². The van der Waals surface area contributed by atoms with Crippen molar-refractivity contribution in [2.75, 3.05) is 9.80 Å². The number of aromatic nitrogens is 2. The van der Waals surface area contributed by atoms with Crippen molar-refractivity contribution in [3.63, 3.8) is 0 Å². The zero-order chi connectivity index (χ0) is 48.0. The Kier molecular flexibility index (Phi) is 9.26. The predicted octanol–water partition coefficient (Wildman–Crippen LogP) is 15.5. The highest BCUT2D eigenvalue weighted by Gasteiger charge is 2.40. The average molecular weight is 935 g/mol. The zero-order valence-electron chi connectivity index (χ0n) is 39.5. The lowest BCUT2D eigenvalue weighted by Crippen LogP contribution is -2.57. The van der Waals surface area contributed by atoms with Crippen molar-refractivity contribution in [1.29, 1.82) is 0 Å². The number of nitrogens with zero attached hydrogens (tertiary/aromatic N) is 4. The molecule has 7 heteroatoms. The molecule has 0 aliphatic carbocycles. The number of hydrogen-bond acceptors (Lipinski definition) is 4. The van der Waals surface area contributed by atoms with Crippen molar-refractivity contribution in [3.05, 3.63) is 261 Å². The van der Waals surface area contributed by atoms with Crippen LogP contribution in [0.25, 0.3) is 55.0 Å². The van der Waals surface area contributed by atoms with E-state index in [0.717, 1.165) is 95.9 Å². The fraction of sp³-hybridized carbons (Fsp3) is 0. The third-order valence-electron chi connectivity index (χ3n) is 14.8. The van der Waals surface area contributed by atoms with Crippen LogP contribution in [-0.4, -0.2) is 15.8 Å². The van der Waals surface area contributed by atoms with Gasteiger partial charge in [0.25, 0.3) is 6.71 Å². The van der Waals surface area contributed by atoms with Gasteiger partial charge in [0.15, 0.2) is 0 Å². The number of para-hydroxylation sites is 6. The summed E-state index contributed by atoms with van der Waals surface area (Å²) >= 11 is 0. The van der Waals surface area contributed by atoms with Gasteiger partial charge in [0, 0.05) is 84.6 Å². The molecule has 11 aromatic carbocycles. The fourth-order valence-corrected chi connectivity index (χ4v) is 11.6. The molecule has 4 heterocycles. The lowest BCUT2D eigenvalue weighted by atomic mass is 9.35. The SMILES string of the molecule is c1ccc(N(c2ccc3c(c2)Oc2cccc4c2B3c2ccc(N(c3ccccc3)c3ccc5c(c3)c3ccccc3n5-c3ccccc3)cc2O4)c2ccc3c(c2)c2ccccc2n3-c2ccccc2)cc1. The van der Waals surface area contributed by atoms with Gasteiger partial charge in [-0.05, 0) is 132 Å². The van der Waals surface area contributed by atoms with Gasteiger partial charge in [0.05, 0.1) is 22.1 Å². The summed E-state index contributed by atoms with van der Waals surface area (Å²) in [6.07, 6.45) is 0. The van der Waals surface area contributed by atoms with Crippen LogP contribution in [0.2, 0.25) is 0 Å². The first-order valence-corrected chi connectivity index (χ1v) is 24.9. The molecule has 0 saturated heterocycles. The molecule has 0 amide bonds. The molecule has 0 N–H and O–H groups in total. The summed E-state index contributed by atoms with van der Waals surface area (Å²) in [4.78, 5) is 4.67. The van der Waals surface area contributed by atoms with E-state index in [1.807, 2.05) is 6.07 Å². The molecule has 2 aliphatic rings. The summed E-state index contributed by atoms with van der Waals surface area (Å²) in [5.41, 5.74) is 16.4. The molecule has 15 rings (SSSR count). The molecular weight excluding hydrogens is 892 g/mol. The molecule has 13 aromatic rings. The maximum absolute atomic E-state index is 6.94. The van der Waals surface area contributed by atoms with E-state index in [2.05, 4.69) is 274 Å². The number of fused-ring (bicyclic) bond motifs is 10. The van der Waals surface area contributed by atoms with Crippen molar-refractivity contribution in [2.24, 2.45) is 0 Å². The van der Waals surface area contributed by atoms with Gasteiger partial charge in [-0.15, -0.1) is 0 Å². The molecule has 0 unspecified atom stereocenters. The van der Waals surface area contributed by atoms with Gasteiger partial charge in [-0.2, -0.15) is 0 Å². The van der Waals surface area contributed by atoms with E-state index >= 15 is 0 Å². The second-order valence-electron chi connectivity index (χ2n) is 18.9. The van der Waals surface area contributed by atoms with Gasteiger partial charge >= 0.3 is 0 Å². The topological polar surface area (TPSA) is 34.8 Å². The quantitative estimate of drug-likeness (QED) is 0.142. The van der Waals surface area contributed by atoms with Crippen LogP contribution in [0.5, 0.6) is 23.0 Å². The Bertz CT molecular complexity index is 4010. The standard InChI is InChI=1S/C66H43BN4O2/c1-5-18-44(19-6-1)68(48-34-38-60-54(40-48)52-26-13-15-28-58(52)70(60)46-22-9-3-10-23-46)50-32-36-56-64(42-50)72-62-30-17-31-63-66(62)67(56)57-37-33-51(43-65(57)73-63)69(45-20-7-2-8-21-45)49-35-39-61-55(41-49)53-27-14-16-29-59(53)71(61)47-24-11-4-12-25-47/h1-43H. The molecule has 73 heavy (non-hydrogen) atoms. The molecule has 0 saturated carbocycles. The zero-order valence-corrected chi connectivity index (χ0v) is 39.5. The first-order valence-electron chi connectivity index (χ1n) is 24.9. The van der Waals surface area contributed by atoms with E-state index in [-0.39, 0.29) is 6.71 Å². The number of anilines is 6. The molecular formula is C66H43BN4O2. The summed E-state index contributed by atoms with van der Waals surface area (Å²) in [7, 11) is 0. The smallest absolute Gasteiger partial charge is 0.260 e. The Hall–Kier alpha value is -9.72. The molecule has 6 nitrogen and oxygen atoms in total. The molecule has 0 atom stereocenters. The molecule has 0 radical (unpaired) electrons. The minimum absolute atomic E-state index is 0.113. The second kappa shape index (κ2) is 16.4. The largest absolute Gasteiger partial charge is 0.458 e. The van der Waals surface area contributed by atoms with Crippen molar-refractivity contribution >= 4 is 101 Å². The van der Waals surface area contributed by atoms with Crippen LogP contribution in [0.4, 0.5) is 34.1 Å². The number of rotatable bonds is 8. The minimum Gasteiger partial charge on any atom is -0.458 e. The normalized spacial score (nSPS) is 12.3. The first kappa shape index (κ1) is 41.1. The average Bonchev–Trinajstić information content (AvgIpc) is 3.96. The van der Waals surface area contributed by atoms with Crippen LogP contribution >= 0.6 is 0 Å². The molecule has 342 valence electrons. The third-order valence-corrected chi connectivity index (χ3v) is 14.8. The third kappa shape index (κ3) is 6.52. The Morgan fingerprint density at radius 1 is 0.274 bits per heavy atom. The van der Waals surface area contributed by atoms with Crippen LogP contribution in [0.1, 0.15) is 0 Å². The Morgan fingerprint density at radius 3 is 1.10 bits per heavy atom. The van der Waals surface area contributed by atoms with Crippen LogP contribution in [-0.2, 0) is 0 Å². The van der Waals surface area contributed by atoms with Crippen molar-refractivity contribution < 1.29 is 9.47 Å². The highest BCUT2D eigenvalue weighted by atomic mass is 16.5. The molecule has 0 spiro atoms. The maximum Gasteiger partial charge on any atom is 0.260 e. The lowest BCUT2D eigenvalue weighted by Gasteiger charge is -2.34. The molecule has 0 fully saturated rings. The molecule has 2 aliphatic heterocycles. The number of benzene rings is 11. The Labute approximate surface area is 422 Å². The van der Waals surface area contributed by atoms with Gasteiger partial charge < -0.3 is 28.4 Å². The summed E-state index contributed by atoms with van der Waals surface area (Å²) in [5, 5.41) is 4.79. The highest BCUT2D eigenvalue weighted by Crippen LogP contribution is 2.45.